The Morgan fingerprint density at radius 3 is 2.75 bits per heavy atom. The molecular formula is C12H19N3O. The first kappa shape index (κ1) is 12.8. The highest BCUT2D eigenvalue weighted by Crippen LogP contribution is 2.12. The molecule has 1 aromatic heterocycles. The standard InChI is InChI=1S/C12H19N3O/c1-12(2,9-16)8-14-6-10-4-11(5-13)15(3)7-10/h4,7,14,16H,6,8-9H2,1-3H3. The van der Waals surface area contributed by atoms with E-state index >= 15 is 0 Å². The molecule has 1 heterocycles. The SMILES string of the molecule is Cn1cc(CNCC(C)(C)CO)cc1C#N. The average Bonchev–Trinajstić information content (AvgIpc) is 2.59. The van der Waals surface area contributed by atoms with Crippen LogP contribution in [0.15, 0.2) is 12.3 Å². The molecular weight excluding hydrogens is 202 g/mol. The molecule has 0 amide bonds. The molecule has 0 saturated heterocycles. The van der Waals surface area contributed by atoms with Gasteiger partial charge in [0.1, 0.15) is 11.8 Å². The number of aliphatic hydroxyl groups excluding tert-OH is 1. The molecule has 0 bridgehead atoms. The van der Waals surface area contributed by atoms with Gasteiger partial charge in [0.25, 0.3) is 0 Å². The zero-order valence-electron chi connectivity index (χ0n) is 10.1. The number of nitrogens with one attached hydrogen (secondary N) is 1. The van der Waals surface area contributed by atoms with Crippen molar-refractivity contribution in [1.82, 2.24) is 9.88 Å². The molecule has 0 aliphatic carbocycles. The van der Waals surface area contributed by atoms with E-state index in [0.717, 1.165) is 18.7 Å². The first-order valence-corrected chi connectivity index (χ1v) is 5.35. The molecule has 88 valence electrons. The summed E-state index contributed by atoms with van der Waals surface area (Å²) in [6.07, 6.45) is 1.94. The van der Waals surface area contributed by atoms with Gasteiger partial charge in [-0.2, -0.15) is 5.26 Å². The van der Waals surface area contributed by atoms with Gasteiger partial charge in [0.2, 0.25) is 0 Å². The van der Waals surface area contributed by atoms with Crippen LogP contribution in [-0.2, 0) is 13.6 Å². The Morgan fingerprint density at radius 1 is 1.56 bits per heavy atom. The highest BCUT2D eigenvalue weighted by molar-refractivity contribution is 5.28. The van der Waals surface area contributed by atoms with Crippen LogP contribution >= 0.6 is 0 Å². The fraction of sp³-hybridized carbons (Fsp3) is 0.583. The maximum atomic E-state index is 9.09. The maximum Gasteiger partial charge on any atom is 0.120 e. The zero-order chi connectivity index (χ0) is 12.2. The Kier molecular flexibility index (Phi) is 4.11. The summed E-state index contributed by atoms with van der Waals surface area (Å²) in [5, 5.41) is 21.2. The monoisotopic (exact) mass is 221 g/mol. The third-order valence-electron chi connectivity index (χ3n) is 2.54. The van der Waals surface area contributed by atoms with Crippen molar-refractivity contribution in [2.24, 2.45) is 12.5 Å². The molecule has 0 aliphatic rings. The van der Waals surface area contributed by atoms with Crippen LogP contribution in [0.4, 0.5) is 0 Å². The van der Waals surface area contributed by atoms with Crippen molar-refractivity contribution >= 4 is 0 Å². The summed E-state index contributed by atoms with van der Waals surface area (Å²) in [6, 6.07) is 4.00. The Morgan fingerprint density at radius 2 is 2.25 bits per heavy atom. The molecule has 0 atom stereocenters. The van der Waals surface area contributed by atoms with E-state index in [4.69, 9.17) is 10.4 Å². The number of hydrogen-bond donors (Lipinski definition) is 2. The highest BCUT2D eigenvalue weighted by atomic mass is 16.3. The van der Waals surface area contributed by atoms with Gasteiger partial charge in [0, 0.05) is 38.4 Å². The van der Waals surface area contributed by atoms with Gasteiger partial charge in [-0.1, -0.05) is 13.8 Å². The van der Waals surface area contributed by atoms with Gasteiger partial charge in [-0.3, -0.25) is 0 Å². The van der Waals surface area contributed by atoms with E-state index in [9.17, 15) is 0 Å². The van der Waals surface area contributed by atoms with Crippen molar-refractivity contribution in [3.05, 3.63) is 23.5 Å². The van der Waals surface area contributed by atoms with Gasteiger partial charge >= 0.3 is 0 Å². The molecule has 4 heteroatoms. The number of rotatable bonds is 5. The van der Waals surface area contributed by atoms with Crippen LogP contribution in [0.25, 0.3) is 0 Å². The van der Waals surface area contributed by atoms with Crippen LogP contribution in [0.3, 0.4) is 0 Å². The second-order valence-electron chi connectivity index (χ2n) is 4.88. The third kappa shape index (κ3) is 3.37. The first-order valence-electron chi connectivity index (χ1n) is 5.35. The molecule has 0 aromatic carbocycles. The number of nitrogens with zero attached hydrogens (tertiary/aromatic N) is 2. The predicted molar refractivity (Wildman–Crippen MR) is 62.7 cm³/mol. The number of nitriles is 1. The summed E-state index contributed by atoms with van der Waals surface area (Å²) < 4.78 is 1.81. The Balaban J connectivity index is 2.47. The van der Waals surface area contributed by atoms with E-state index in [2.05, 4.69) is 11.4 Å². The lowest BCUT2D eigenvalue weighted by Crippen LogP contribution is -2.31. The summed E-state index contributed by atoms with van der Waals surface area (Å²) in [5.41, 5.74) is 1.65. The van der Waals surface area contributed by atoms with Gasteiger partial charge < -0.3 is 15.0 Å². The van der Waals surface area contributed by atoms with Crippen molar-refractivity contribution in [1.29, 1.82) is 5.26 Å². The topological polar surface area (TPSA) is 61.0 Å². The van der Waals surface area contributed by atoms with Gasteiger partial charge in [0.05, 0.1) is 0 Å². The van der Waals surface area contributed by atoms with Gasteiger partial charge in [-0.15, -0.1) is 0 Å². The summed E-state index contributed by atoms with van der Waals surface area (Å²) in [4.78, 5) is 0. The molecule has 4 nitrogen and oxygen atoms in total. The number of aliphatic hydroxyl groups is 1. The Labute approximate surface area is 96.5 Å². The number of aromatic nitrogens is 1. The van der Waals surface area contributed by atoms with Gasteiger partial charge in [0.15, 0.2) is 0 Å². The molecule has 1 rings (SSSR count). The summed E-state index contributed by atoms with van der Waals surface area (Å²) in [6.45, 7) is 5.65. The largest absolute Gasteiger partial charge is 0.396 e. The van der Waals surface area contributed by atoms with Crippen LogP contribution in [0.2, 0.25) is 0 Å². The summed E-state index contributed by atoms with van der Waals surface area (Å²) in [5.74, 6) is 0. The zero-order valence-corrected chi connectivity index (χ0v) is 10.1. The van der Waals surface area contributed by atoms with E-state index < -0.39 is 0 Å². The van der Waals surface area contributed by atoms with E-state index in [-0.39, 0.29) is 12.0 Å². The molecule has 0 fully saturated rings. The Bertz CT molecular complexity index is 387. The number of hydrogen-bond acceptors (Lipinski definition) is 3. The minimum absolute atomic E-state index is 0.104. The highest BCUT2D eigenvalue weighted by Gasteiger charge is 2.15. The van der Waals surface area contributed by atoms with Crippen LogP contribution in [0, 0.1) is 16.7 Å². The van der Waals surface area contributed by atoms with Crippen molar-refractivity contribution < 1.29 is 5.11 Å². The molecule has 0 spiro atoms. The molecule has 16 heavy (non-hydrogen) atoms. The fourth-order valence-corrected chi connectivity index (χ4v) is 1.44. The lowest BCUT2D eigenvalue weighted by atomic mass is 9.95. The maximum absolute atomic E-state index is 9.09. The first-order chi connectivity index (χ1) is 7.48. The van der Waals surface area contributed by atoms with Crippen molar-refractivity contribution in [2.45, 2.75) is 20.4 Å². The van der Waals surface area contributed by atoms with Crippen LogP contribution < -0.4 is 5.32 Å². The van der Waals surface area contributed by atoms with Crippen LogP contribution in [0.5, 0.6) is 0 Å². The lowest BCUT2D eigenvalue weighted by Gasteiger charge is -2.21. The van der Waals surface area contributed by atoms with E-state index in [1.807, 2.05) is 37.7 Å². The second kappa shape index (κ2) is 5.15. The molecule has 1 aromatic rings. The average molecular weight is 221 g/mol. The number of aryl methyl sites for hydroxylation is 1. The minimum Gasteiger partial charge on any atom is -0.396 e. The predicted octanol–water partition coefficient (Wildman–Crippen LogP) is 1.00. The van der Waals surface area contributed by atoms with E-state index in [1.165, 1.54) is 0 Å². The quantitative estimate of drug-likeness (QED) is 0.780. The molecule has 0 saturated carbocycles. The third-order valence-corrected chi connectivity index (χ3v) is 2.54. The van der Waals surface area contributed by atoms with Crippen molar-refractivity contribution in [3.63, 3.8) is 0 Å². The Hall–Kier alpha value is -1.31. The second-order valence-corrected chi connectivity index (χ2v) is 4.88. The molecule has 0 radical (unpaired) electrons. The van der Waals surface area contributed by atoms with Crippen molar-refractivity contribution in [2.75, 3.05) is 13.2 Å². The van der Waals surface area contributed by atoms with Crippen molar-refractivity contribution in [3.8, 4) is 6.07 Å². The van der Waals surface area contributed by atoms with E-state index in [0.29, 0.717) is 5.69 Å². The lowest BCUT2D eigenvalue weighted by molar-refractivity contribution is 0.156. The molecule has 0 unspecified atom stereocenters. The van der Waals surface area contributed by atoms with Gasteiger partial charge in [-0.05, 0) is 11.6 Å². The van der Waals surface area contributed by atoms with Crippen LogP contribution in [-0.4, -0.2) is 22.8 Å². The fourth-order valence-electron chi connectivity index (χ4n) is 1.44. The van der Waals surface area contributed by atoms with Gasteiger partial charge in [-0.25, -0.2) is 0 Å². The van der Waals surface area contributed by atoms with E-state index in [1.54, 1.807) is 0 Å². The normalized spacial score (nSPS) is 11.4. The molecule has 2 N–H and O–H groups in total. The molecule has 0 aliphatic heterocycles. The summed E-state index contributed by atoms with van der Waals surface area (Å²) >= 11 is 0. The smallest absolute Gasteiger partial charge is 0.120 e. The summed E-state index contributed by atoms with van der Waals surface area (Å²) in [7, 11) is 1.86. The van der Waals surface area contributed by atoms with Crippen LogP contribution in [0.1, 0.15) is 25.1 Å². The minimum atomic E-state index is -0.104.